The van der Waals surface area contributed by atoms with Gasteiger partial charge in [-0.3, -0.25) is 9.59 Å². The maximum Gasteiger partial charge on any atom is 0.275 e. The summed E-state index contributed by atoms with van der Waals surface area (Å²) in [5, 5.41) is 9.24. The predicted octanol–water partition coefficient (Wildman–Crippen LogP) is 4.31. The first-order valence-corrected chi connectivity index (χ1v) is 8.97. The van der Waals surface area contributed by atoms with Crippen LogP contribution in [0.5, 0.6) is 0 Å². The highest BCUT2D eigenvalue weighted by Crippen LogP contribution is 2.27. The van der Waals surface area contributed by atoms with E-state index in [1.54, 1.807) is 25.1 Å². The van der Waals surface area contributed by atoms with Crippen molar-refractivity contribution in [3.63, 3.8) is 0 Å². The van der Waals surface area contributed by atoms with Gasteiger partial charge < -0.3 is 15.2 Å². The predicted molar refractivity (Wildman–Crippen MR) is 107 cm³/mol. The first-order valence-electron chi connectivity index (χ1n) is 8.97. The molecule has 2 N–H and O–H groups in total. The molecule has 7 nitrogen and oxygen atoms in total. The number of pyridine rings is 1. The van der Waals surface area contributed by atoms with Gasteiger partial charge in [0.2, 0.25) is 0 Å². The number of anilines is 2. The number of aromatic nitrogens is 2. The van der Waals surface area contributed by atoms with Crippen LogP contribution in [-0.4, -0.2) is 22.0 Å². The number of rotatable bonds is 5. The number of carbonyl (C=O) groups excluding carboxylic acids is 2. The summed E-state index contributed by atoms with van der Waals surface area (Å²) < 4.78 is 4.92. The molecule has 0 aliphatic heterocycles. The number of nitrogens with zero attached hydrogens (tertiary/aromatic N) is 2. The van der Waals surface area contributed by atoms with Crippen molar-refractivity contribution in [2.24, 2.45) is 0 Å². The van der Waals surface area contributed by atoms with Crippen LogP contribution >= 0.6 is 0 Å². The van der Waals surface area contributed by atoms with E-state index in [-0.39, 0.29) is 23.2 Å². The third-order valence-corrected chi connectivity index (χ3v) is 4.25. The van der Waals surface area contributed by atoms with Crippen LogP contribution in [0.3, 0.4) is 0 Å². The van der Waals surface area contributed by atoms with Crippen molar-refractivity contribution in [2.75, 3.05) is 10.6 Å². The quantitative estimate of drug-likeness (QED) is 0.689. The second-order valence-electron chi connectivity index (χ2n) is 6.83. The molecule has 2 aromatic heterocycles. The van der Waals surface area contributed by atoms with E-state index in [0.717, 1.165) is 16.8 Å². The van der Waals surface area contributed by atoms with E-state index in [1.165, 1.54) is 6.07 Å². The molecule has 0 bridgehead atoms. The zero-order valence-electron chi connectivity index (χ0n) is 16.2. The fourth-order valence-corrected chi connectivity index (χ4v) is 2.81. The molecule has 28 heavy (non-hydrogen) atoms. The van der Waals surface area contributed by atoms with Crippen LogP contribution < -0.4 is 10.6 Å². The summed E-state index contributed by atoms with van der Waals surface area (Å²) in [6.07, 6.45) is 0. The molecular formula is C21H22N4O3. The molecule has 3 aromatic rings. The lowest BCUT2D eigenvalue weighted by atomic mass is 9.98. The smallest absolute Gasteiger partial charge is 0.275 e. The van der Waals surface area contributed by atoms with Crippen molar-refractivity contribution >= 4 is 23.3 Å². The number of carbonyl (C=O) groups is 2. The van der Waals surface area contributed by atoms with Gasteiger partial charge in [0.1, 0.15) is 17.1 Å². The number of aryl methyl sites for hydroxylation is 2. The maximum absolute atomic E-state index is 12.7. The molecule has 2 amide bonds. The number of benzene rings is 1. The summed E-state index contributed by atoms with van der Waals surface area (Å²) in [7, 11) is 0. The summed E-state index contributed by atoms with van der Waals surface area (Å²) in [5.41, 5.74) is 3.06. The van der Waals surface area contributed by atoms with Gasteiger partial charge in [-0.25, -0.2) is 4.98 Å². The normalized spacial score (nSPS) is 10.8. The molecule has 2 heterocycles. The highest BCUT2D eigenvalue weighted by Gasteiger charge is 2.17. The van der Waals surface area contributed by atoms with E-state index >= 15 is 0 Å². The number of nitrogens with one attached hydrogen (secondary N) is 2. The van der Waals surface area contributed by atoms with Gasteiger partial charge in [-0.05, 0) is 43.0 Å². The van der Waals surface area contributed by atoms with E-state index < -0.39 is 5.91 Å². The van der Waals surface area contributed by atoms with E-state index in [4.69, 9.17) is 4.52 Å². The average Bonchev–Trinajstić information content (AvgIpc) is 3.07. The van der Waals surface area contributed by atoms with Crippen LogP contribution in [0.15, 0.2) is 47.0 Å². The second kappa shape index (κ2) is 8.04. The first kappa shape index (κ1) is 19.3. The Labute approximate surface area is 163 Å². The van der Waals surface area contributed by atoms with Gasteiger partial charge in [0.15, 0.2) is 5.82 Å². The zero-order valence-corrected chi connectivity index (χ0v) is 16.2. The first-order chi connectivity index (χ1) is 13.3. The monoisotopic (exact) mass is 378 g/mol. The lowest BCUT2D eigenvalue weighted by molar-refractivity contribution is 0.101. The van der Waals surface area contributed by atoms with Crippen molar-refractivity contribution in [3.05, 3.63) is 70.7 Å². The third-order valence-electron chi connectivity index (χ3n) is 4.25. The molecule has 0 aliphatic carbocycles. The van der Waals surface area contributed by atoms with Gasteiger partial charge in [0.05, 0.1) is 0 Å². The molecule has 0 fully saturated rings. The molecule has 7 heteroatoms. The van der Waals surface area contributed by atoms with Crippen molar-refractivity contribution in [1.82, 2.24) is 10.1 Å². The Hall–Kier alpha value is -3.48. The molecular weight excluding hydrogens is 356 g/mol. The summed E-state index contributed by atoms with van der Waals surface area (Å²) in [6.45, 7) is 7.81. The fourth-order valence-electron chi connectivity index (χ4n) is 2.81. The molecule has 0 saturated carbocycles. The van der Waals surface area contributed by atoms with Crippen molar-refractivity contribution in [1.29, 1.82) is 0 Å². The number of amides is 2. The third kappa shape index (κ3) is 4.25. The highest BCUT2D eigenvalue weighted by atomic mass is 16.5. The summed E-state index contributed by atoms with van der Waals surface area (Å²) in [5.74, 6) is 0.284. The number of para-hydroxylation sites is 1. The lowest BCUT2D eigenvalue weighted by Crippen LogP contribution is -2.19. The molecule has 0 saturated heterocycles. The molecule has 0 atom stereocenters. The lowest BCUT2D eigenvalue weighted by Gasteiger charge is -2.16. The SMILES string of the molecule is Cc1cc(NC(=O)c2cccc(C(=O)Nc3c(C)cccc3C(C)C)n2)no1. The Morgan fingerprint density at radius 1 is 0.964 bits per heavy atom. The standard InChI is InChI=1S/C21H22N4O3/c1-12(2)15-8-5-7-13(3)19(15)24-21(27)17-10-6-9-16(22-17)20(26)23-18-11-14(4)28-25-18/h5-12H,1-4H3,(H,24,27)(H,23,25,26). The van der Waals surface area contributed by atoms with Crippen molar-refractivity contribution < 1.29 is 14.1 Å². The molecule has 3 rings (SSSR count). The Balaban J connectivity index is 1.80. The van der Waals surface area contributed by atoms with Crippen LogP contribution in [0.2, 0.25) is 0 Å². The van der Waals surface area contributed by atoms with Crippen molar-refractivity contribution in [2.45, 2.75) is 33.6 Å². The van der Waals surface area contributed by atoms with Crippen LogP contribution in [-0.2, 0) is 0 Å². The van der Waals surface area contributed by atoms with Gasteiger partial charge in [0, 0.05) is 11.8 Å². The Kier molecular flexibility index (Phi) is 5.54. The Morgan fingerprint density at radius 2 is 1.61 bits per heavy atom. The topological polar surface area (TPSA) is 97.1 Å². The molecule has 1 aromatic carbocycles. The van der Waals surface area contributed by atoms with Gasteiger partial charge in [0.25, 0.3) is 11.8 Å². The van der Waals surface area contributed by atoms with Gasteiger partial charge in [-0.1, -0.05) is 43.3 Å². The number of hydrogen-bond acceptors (Lipinski definition) is 5. The van der Waals surface area contributed by atoms with Crippen LogP contribution in [0, 0.1) is 13.8 Å². The minimum atomic E-state index is -0.471. The van der Waals surface area contributed by atoms with Crippen LogP contribution in [0.4, 0.5) is 11.5 Å². The van der Waals surface area contributed by atoms with Gasteiger partial charge >= 0.3 is 0 Å². The van der Waals surface area contributed by atoms with E-state index in [9.17, 15) is 9.59 Å². The maximum atomic E-state index is 12.7. The summed E-state index contributed by atoms with van der Waals surface area (Å²) in [4.78, 5) is 29.3. The number of hydrogen-bond donors (Lipinski definition) is 2. The minimum Gasteiger partial charge on any atom is -0.360 e. The van der Waals surface area contributed by atoms with Crippen molar-refractivity contribution in [3.8, 4) is 0 Å². The molecule has 144 valence electrons. The van der Waals surface area contributed by atoms with Crippen LogP contribution in [0.25, 0.3) is 0 Å². The Bertz CT molecular complexity index is 1020. The van der Waals surface area contributed by atoms with Gasteiger partial charge in [-0.15, -0.1) is 0 Å². The fraction of sp³-hybridized carbons (Fsp3) is 0.238. The van der Waals surface area contributed by atoms with Crippen LogP contribution in [0.1, 0.15) is 57.6 Å². The van der Waals surface area contributed by atoms with E-state index in [2.05, 4.69) is 34.6 Å². The summed E-state index contributed by atoms with van der Waals surface area (Å²) >= 11 is 0. The largest absolute Gasteiger partial charge is 0.360 e. The average molecular weight is 378 g/mol. The van der Waals surface area contributed by atoms with E-state index in [1.807, 2.05) is 25.1 Å². The zero-order chi connectivity index (χ0) is 20.3. The van der Waals surface area contributed by atoms with Gasteiger partial charge in [-0.2, -0.15) is 0 Å². The minimum absolute atomic E-state index is 0.113. The second-order valence-corrected chi connectivity index (χ2v) is 6.83. The summed E-state index contributed by atoms with van der Waals surface area (Å²) in [6, 6.07) is 12.2. The molecule has 0 spiro atoms. The van der Waals surface area contributed by atoms with E-state index in [0.29, 0.717) is 11.6 Å². The molecule has 0 aliphatic rings. The molecule has 0 unspecified atom stereocenters. The Morgan fingerprint density at radius 3 is 2.21 bits per heavy atom. The highest BCUT2D eigenvalue weighted by molar-refractivity contribution is 6.06. The molecule has 0 radical (unpaired) electrons.